The molecule has 1 amide bonds. The third-order valence-corrected chi connectivity index (χ3v) is 5.64. The van der Waals surface area contributed by atoms with Crippen molar-refractivity contribution in [2.45, 2.75) is 12.8 Å². The lowest BCUT2D eigenvalue weighted by Gasteiger charge is -2.25. The van der Waals surface area contributed by atoms with Crippen LogP contribution in [0.2, 0.25) is 0 Å². The van der Waals surface area contributed by atoms with E-state index in [0.717, 1.165) is 5.69 Å². The van der Waals surface area contributed by atoms with Gasteiger partial charge in [0.1, 0.15) is 0 Å². The highest BCUT2D eigenvalue weighted by molar-refractivity contribution is 7.89. The number of aromatic nitrogens is 1. The van der Waals surface area contributed by atoms with Crippen molar-refractivity contribution < 1.29 is 17.9 Å². The van der Waals surface area contributed by atoms with Crippen LogP contribution >= 0.6 is 11.3 Å². The smallest absolute Gasteiger partial charge is 0.221 e. The van der Waals surface area contributed by atoms with Gasteiger partial charge in [-0.05, 0) is 0 Å². The fourth-order valence-corrected chi connectivity index (χ4v) is 3.95. The SMILES string of the molecule is O=C(CCS(=O)(=O)N1CCOCC1)NCCc1cscn1. The van der Waals surface area contributed by atoms with Gasteiger partial charge in [-0.2, -0.15) is 4.31 Å². The molecule has 2 rings (SSSR count). The summed E-state index contributed by atoms with van der Waals surface area (Å²) in [5.74, 6) is -0.405. The van der Waals surface area contributed by atoms with Crippen LogP contribution in [-0.2, 0) is 26.0 Å². The highest BCUT2D eigenvalue weighted by Gasteiger charge is 2.24. The average Bonchev–Trinajstić information content (AvgIpc) is 2.99. The quantitative estimate of drug-likeness (QED) is 0.750. The summed E-state index contributed by atoms with van der Waals surface area (Å²) in [6.07, 6.45) is 0.641. The second-order valence-electron chi connectivity index (χ2n) is 4.66. The van der Waals surface area contributed by atoms with Gasteiger partial charge in [-0.15, -0.1) is 11.3 Å². The molecule has 0 aromatic carbocycles. The van der Waals surface area contributed by atoms with Crippen LogP contribution in [0.3, 0.4) is 0 Å². The van der Waals surface area contributed by atoms with Crippen molar-refractivity contribution in [1.29, 1.82) is 0 Å². The van der Waals surface area contributed by atoms with E-state index in [2.05, 4.69) is 10.3 Å². The zero-order valence-electron chi connectivity index (χ0n) is 11.7. The number of ether oxygens (including phenoxy) is 1. The minimum Gasteiger partial charge on any atom is -0.379 e. The standard InChI is InChI=1S/C12H19N3O4S2/c16-12(13-3-1-11-9-20-10-14-11)2-8-21(17,18)15-4-6-19-7-5-15/h9-10H,1-8H2,(H,13,16). The molecule has 1 aromatic rings. The van der Waals surface area contributed by atoms with E-state index < -0.39 is 10.0 Å². The number of amides is 1. The van der Waals surface area contributed by atoms with Gasteiger partial charge in [0.2, 0.25) is 15.9 Å². The monoisotopic (exact) mass is 333 g/mol. The van der Waals surface area contributed by atoms with Gasteiger partial charge in [-0.3, -0.25) is 4.79 Å². The van der Waals surface area contributed by atoms with Gasteiger partial charge >= 0.3 is 0 Å². The number of thiazole rings is 1. The largest absolute Gasteiger partial charge is 0.379 e. The third-order valence-electron chi connectivity index (χ3n) is 3.14. The number of nitrogens with zero attached hydrogens (tertiary/aromatic N) is 2. The van der Waals surface area contributed by atoms with Gasteiger partial charge in [-0.25, -0.2) is 13.4 Å². The van der Waals surface area contributed by atoms with Crippen molar-refractivity contribution in [1.82, 2.24) is 14.6 Å². The van der Waals surface area contributed by atoms with E-state index in [4.69, 9.17) is 4.74 Å². The molecule has 2 heterocycles. The summed E-state index contributed by atoms with van der Waals surface area (Å²) in [5.41, 5.74) is 2.67. The Hall–Kier alpha value is -1.03. The first-order valence-electron chi connectivity index (χ1n) is 6.77. The molecule has 1 aromatic heterocycles. The number of hydrogen-bond acceptors (Lipinski definition) is 6. The van der Waals surface area contributed by atoms with Gasteiger partial charge in [0.25, 0.3) is 0 Å². The Morgan fingerprint density at radius 2 is 2.19 bits per heavy atom. The molecule has 0 radical (unpaired) electrons. The molecule has 1 saturated heterocycles. The first-order valence-corrected chi connectivity index (χ1v) is 9.32. The topological polar surface area (TPSA) is 88.6 Å². The Morgan fingerprint density at radius 3 is 2.86 bits per heavy atom. The molecule has 0 unspecified atom stereocenters. The molecule has 0 atom stereocenters. The van der Waals surface area contributed by atoms with Crippen LogP contribution in [0.4, 0.5) is 0 Å². The second-order valence-corrected chi connectivity index (χ2v) is 7.46. The van der Waals surface area contributed by atoms with Gasteiger partial charge in [0, 0.05) is 37.9 Å². The summed E-state index contributed by atoms with van der Waals surface area (Å²) < 4.78 is 30.6. The Bertz CT molecular complexity index is 539. The van der Waals surface area contributed by atoms with Gasteiger partial charge < -0.3 is 10.1 Å². The molecule has 118 valence electrons. The molecular formula is C12H19N3O4S2. The van der Waals surface area contributed by atoms with Crippen molar-refractivity contribution in [2.24, 2.45) is 0 Å². The Morgan fingerprint density at radius 1 is 1.43 bits per heavy atom. The van der Waals surface area contributed by atoms with E-state index in [0.29, 0.717) is 39.3 Å². The van der Waals surface area contributed by atoms with Gasteiger partial charge in [0.15, 0.2) is 0 Å². The zero-order chi connectivity index (χ0) is 15.1. The van der Waals surface area contributed by atoms with E-state index in [1.807, 2.05) is 5.38 Å². The number of morpholine rings is 1. The van der Waals surface area contributed by atoms with Crippen LogP contribution in [-0.4, -0.2) is 62.2 Å². The number of nitrogens with one attached hydrogen (secondary N) is 1. The number of rotatable bonds is 7. The molecule has 7 nitrogen and oxygen atoms in total. The first-order chi connectivity index (χ1) is 10.1. The molecule has 1 aliphatic rings. The van der Waals surface area contributed by atoms with E-state index in [9.17, 15) is 13.2 Å². The molecule has 1 N–H and O–H groups in total. The van der Waals surface area contributed by atoms with Crippen LogP contribution in [0.5, 0.6) is 0 Å². The summed E-state index contributed by atoms with van der Waals surface area (Å²) >= 11 is 1.51. The van der Waals surface area contributed by atoms with Gasteiger partial charge in [-0.1, -0.05) is 0 Å². The van der Waals surface area contributed by atoms with Crippen molar-refractivity contribution in [3.8, 4) is 0 Å². The van der Waals surface area contributed by atoms with Crippen LogP contribution in [0.15, 0.2) is 10.9 Å². The molecule has 0 spiro atoms. The van der Waals surface area contributed by atoms with Crippen LogP contribution < -0.4 is 5.32 Å². The third kappa shape index (κ3) is 5.34. The molecule has 9 heteroatoms. The molecule has 1 fully saturated rings. The minimum absolute atomic E-state index is 0.0171. The van der Waals surface area contributed by atoms with E-state index >= 15 is 0 Å². The van der Waals surface area contributed by atoms with Gasteiger partial charge in [0.05, 0.1) is 30.2 Å². The first kappa shape index (κ1) is 16.3. The molecule has 1 aliphatic heterocycles. The van der Waals surface area contributed by atoms with Crippen LogP contribution in [0.25, 0.3) is 0 Å². The summed E-state index contributed by atoms with van der Waals surface area (Å²) in [7, 11) is -3.36. The van der Waals surface area contributed by atoms with Crippen LogP contribution in [0.1, 0.15) is 12.1 Å². The summed E-state index contributed by atoms with van der Waals surface area (Å²) in [5, 5.41) is 4.64. The predicted octanol–water partition coefficient (Wildman–Crippen LogP) is -0.146. The number of carbonyl (C=O) groups excluding carboxylic acids is 1. The normalized spacial score (nSPS) is 16.8. The molecule has 0 bridgehead atoms. The van der Waals surface area contributed by atoms with Crippen molar-refractivity contribution >= 4 is 27.3 Å². The maximum atomic E-state index is 12.0. The van der Waals surface area contributed by atoms with Crippen molar-refractivity contribution in [3.05, 3.63) is 16.6 Å². The van der Waals surface area contributed by atoms with Crippen LogP contribution in [0, 0.1) is 0 Å². The van der Waals surface area contributed by atoms with E-state index in [1.165, 1.54) is 15.6 Å². The fraction of sp³-hybridized carbons (Fsp3) is 0.667. The number of sulfonamides is 1. The van der Waals surface area contributed by atoms with E-state index in [1.54, 1.807) is 5.51 Å². The Labute approximate surface area is 128 Å². The number of carbonyl (C=O) groups is 1. The molecular weight excluding hydrogens is 314 g/mol. The lowest BCUT2D eigenvalue weighted by Crippen LogP contribution is -2.42. The Kier molecular flexibility index (Phi) is 6.09. The summed E-state index contributed by atoms with van der Waals surface area (Å²) in [6.45, 7) is 2.04. The second kappa shape index (κ2) is 7.83. The lowest BCUT2D eigenvalue weighted by atomic mass is 10.3. The Balaban J connectivity index is 1.67. The van der Waals surface area contributed by atoms with Crippen molar-refractivity contribution in [3.63, 3.8) is 0 Å². The summed E-state index contributed by atoms with van der Waals surface area (Å²) in [4.78, 5) is 15.8. The lowest BCUT2D eigenvalue weighted by molar-refractivity contribution is -0.120. The molecule has 21 heavy (non-hydrogen) atoms. The summed E-state index contributed by atoms with van der Waals surface area (Å²) in [6, 6.07) is 0. The maximum absolute atomic E-state index is 12.0. The number of hydrogen-bond donors (Lipinski definition) is 1. The van der Waals surface area contributed by atoms with E-state index in [-0.39, 0.29) is 18.1 Å². The molecule has 0 aliphatic carbocycles. The predicted molar refractivity (Wildman–Crippen MR) is 79.6 cm³/mol. The maximum Gasteiger partial charge on any atom is 0.221 e. The highest BCUT2D eigenvalue weighted by atomic mass is 32.2. The zero-order valence-corrected chi connectivity index (χ0v) is 13.3. The average molecular weight is 333 g/mol. The highest BCUT2D eigenvalue weighted by Crippen LogP contribution is 2.07. The minimum atomic E-state index is -3.36. The fourth-order valence-electron chi connectivity index (χ4n) is 1.95. The van der Waals surface area contributed by atoms with Crippen molar-refractivity contribution in [2.75, 3.05) is 38.6 Å². The molecule has 0 saturated carbocycles.